The number of carboxylic acid groups (broad SMARTS) is 1. The normalized spacial score (nSPS) is 11.0. The van der Waals surface area contributed by atoms with Crippen LogP contribution in [0.1, 0.15) is 30.0 Å². The summed E-state index contributed by atoms with van der Waals surface area (Å²) >= 11 is 0. The molecule has 112 valence electrons. The molecule has 0 radical (unpaired) electrons. The number of rotatable bonds is 6. The summed E-state index contributed by atoms with van der Waals surface area (Å²) in [6.45, 7) is 4.84. The number of aromatic carboxylic acids is 1. The molecule has 0 amide bonds. The van der Waals surface area contributed by atoms with Crippen LogP contribution in [-0.4, -0.2) is 30.6 Å². The topological polar surface area (TPSA) is 90.0 Å². The zero-order chi connectivity index (χ0) is 15.4. The van der Waals surface area contributed by atoms with E-state index in [9.17, 15) is 9.59 Å². The Bertz CT molecular complexity index is 688. The van der Waals surface area contributed by atoms with Crippen molar-refractivity contribution in [2.24, 2.45) is 5.92 Å². The largest absolute Gasteiger partial charge is 0.476 e. The van der Waals surface area contributed by atoms with Crippen molar-refractivity contribution in [3.8, 4) is 0 Å². The second kappa shape index (κ2) is 6.34. The lowest BCUT2D eigenvalue weighted by Gasteiger charge is -2.10. The van der Waals surface area contributed by atoms with Gasteiger partial charge in [-0.15, -0.1) is 5.10 Å². The van der Waals surface area contributed by atoms with Crippen LogP contribution in [-0.2, 0) is 19.5 Å². The number of nitrogens with zero attached hydrogens (tertiary/aromatic N) is 4. The summed E-state index contributed by atoms with van der Waals surface area (Å²) in [5.41, 5.74) is 0.493. The van der Waals surface area contributed by atoms with E-state index in [-0.39, 0.29) is 11.3 Å². The summed E-state index contributed by atoms with van der Waals surface area (Å²) < 4.78 is 3.13. The third-order valence-electron chi connectivity index (χ3n) is 3.09. The van der Waals surface area contributed by atoms with Crippen LogP contribution in [0.15, 0.2) is 29.2 Å². The van der Waals surface area contributed by atoms with Gasteiger partial charge in [-0.1, -0.05) is 25.1 Å². The summed E-state index contributed by atoms with van der Waals surface area (Å²) in [5, 5.41) is 16.8. The van der Waals surface area contributed by atoms with Gasteiger partial charge >= 0.3 is 5.97 Å². The second-order valence-electron chi connectivity index (χ2n) is 5.24. The van der Waals surface area contributed by atoms with E-state index in [0.717, 1.165) is 0 Å². The molecule has 21 heavy (non-hydrogen) atoms. The maximum atomic E-state index is 11.6. The molecule has 2 rings (SSSR count). The van der Waals surface area contributed by atoms with E-state index in [2.05, 4.69) is 10.3 Å². The first-order chi connectivity index (χ1) is 9.99. The van der Waals surface area contributed by atoms with Gasteiger partial charge in [-0.2, -0.15) is 0 Å². The molecule has 0 bridgehead atoms. The summed E-state index contributed by atoms with van der Waals surface area (Å²) in [5.74, 6) is -0.784. The van der Waals surface area contributed by atoms with Crippen molar-refractivity contribution in [2.75, 3.05) is 0 Å². The standard InChI is InChI=1S/C14H18N4O3/c1-10(2)9-11-13(14(20)21)15-16-18(11)8-7-17-6-4-3-5-12(17)19/h3-6,10H,7-9H2,1-2H3,(H,20,21). The fourth-order valence-corrected chi connectivity index (χ4v) is 2.12. The maximum absolute atomic E-state index is 11.6. The van der Waals surface area contributed by atoms with Gasteiger partial charge in [0, 0.05) is 18.8 Å². The molecule has 7 heteroatoms. The maximum Gasteiger partial charge on any atom is 0.358 e. The van der Waals surface area contributed by atoms with Crippen LogP contribution in [0.3, 0.4) is 0 Å². The first-order valence-corrected chi connectivity index (χ1v) is 6.80. The van der Waals surface area contributed by atoms with Crippen molar-refractivity contribution in [3.05, 3.63) is 46.1 Å². The van der Waals surface area contributed by atoms with Gasteiger partial charge in [0.15, 0.2) is 5.69 Å². The van der Waals surface area contributed by atoms with E-state index in [0.29, 0.717) is 31.1 Å². The number of carboxylic acids is 1. The van der Waals surface area contributed by atoms with Crippen LogP contribution in [0.4, 0.5) is 0 Å². The van der Waals surface area contributed by atoms with Gasteiger partial charge in [0.2, 0.25) is 0 Å². The predicted octanol–water partition coefficient (Wildman–Crippen LogP) is 1.04. The highest BCUT2D eigenvalue weighted by Crippen LogP contribution is 2.12. The van der Waals surface area contributed by atoms with Gasteiger partial charge in [-0.3, -0.25) is 4.79 Å². The average Bonchev–Trinajstić information content (AvgIpc) is 2.80. The minimum atomic E-state index is -1.08. The van der Waals surface area contributed by atoms with Crippen molar-refractivity contribution in [1.82, 2.24) is 19.6 Å². The van der Waals surface area contributed by atoms with E-state index in [1.165, 1.54) is 6.07 Å². The number of pyridine rings is 1. The van der Waals surface area contributed by atoms with Gasteiger partial charge in [0.25, 0.3) is 5.56 Å². The molecule has 0 aliphatic heterocycles. The third-order valence-corrected chi connectivity index (χ3v) is 3.09. The van der Waals surface area contributed by atoms with Crippen molar-refractivity contribution in [2.45, 2.75) is 33.4 Å². The van der Waals surface area contributed by atoms with Crippen LogP contribution in [0.5, 0.6) is 0 Å². The van der Waals surface area contributed by atoms with Gasteiger partial charge in [-0.25, -0.2) is 9.48 Å². The molecule has 2 aromatic heterocycles. The fourth-order valence-electron chi connectivity index (χ4n) is 2.12. The van der Waals surface area contributed by atoms with E-state index >= 15 is 0 Å². The molecule has 2 aromatic rings. The SMILES string of the molecule is CC(C)Cc1c(C(=O)O)nnn1CCn1ccccc1=O. The molecular weight excluding hydrogens is 272 g/mol. The first kappa shape index (κ1) is 15.0. The number of aryl methyl sites for hydroxylation is 2. The molecule has 0 fully saturated rings. The molecule has 0 atom stereocenters. The first-order valence-electron chi connectivity index (χ1n) is 6.80. The van der Waals surface area contributed by atoms with Gasteiger partial charge < -0.3 is 9.67 Å². The molecule has 7 nitrogen and oxygen atoms in total. The quantitative estimate of drug-likeness (QED) is 0.858. The van der Waals surface area contributed by atoms with Crippen LogP contribution >= 0.6 is 0 Å². The number of aromatic nitrogens is 4. The Labute approximate surface area is 121 Å². The smallest absolute Gasteiger partial charge is 0.358 e. The van der Waals surface area contributed by atoms with Gasteiger partial charge in [-0.05, 0) is 18.4 Å². The lowest BCUT2D eigenvalue weighted by molar-refractivity contribution is 0.0689. The van der Waals surface area contributed by atoms with Gasteiger partial charge in [0.1, 0.15) is 0 Å². The highest BCUT2D eigenvalue weighted by Gasteiger charge is 2.19. The van der Waals surface area contributed by atoms with E-state index in [1.54, 1.807) is 27.6 Å². The molecule has 0 saturated carbocycles. The van der Waals surface area contributed by atoms with Crippen LogP contribution in [0, 0.1) is 5.92 Å². The predicted molar refractivity (Wildman–Crippen MR) is 76.2 cm³/mol. The lowest BCUT2D eigenvalue weighted by Crippen LogP contribution is -2.22. The summed E-state index contributed by atoms with van der Waals surface area (Å²) in [4.78, 5) is 22.8. The second-order valence-corrected chi connectivity index (χ2v) is 5.24. The molecular formula is C14H18N4O3. The Kier molecular flexibility index (Phi) is 4.52. The minimum absolute atomic E-state index is 0.0101. The lowest BCUT2D eigenvalue weighted by atomic mass is 10.1. The molecule has 1 N–H and O–H groups in total. The number of hydrogen-bond donors (Lipinski definition) is 1. The molecule has 0 aliphatic rings. The minimum Gasteiger partial charge on any atom is -0.476 e. The number of hydrogen-bond acceptors (Lipinski definition) is 4. The molecule has 0 saturated heterocycles. The third kappa shape index (κ3) is 3.56. The Morgan fingerprint density at radius 1 is 1.33 bits per heavy atom. The van der Waals surface area contributed by atoms with E-state index in [1.807, 2.05) is 13.8 Å². The Balaban J connectivity index is 2.22. The van der Waals surface area contributed by atoms with Crippen LogP contribution < -0.4 is 5.56 Å². The average molecular weight is 290 g/mol. The Morgan fingerprint density at radius 3 is 2.71 bits per heavy atom. The highest BCUT2D eigenvalue weighted by molar-refractivity contribution is 5.86. The molecule has 0 unspecified atom stereocenters. The van der Waals surface area contributed by atoms with Crippen LogP contribution in [0.25, 0.3) is 0 Å². The van der Waals surface area contributed by atoms with Crippen molar-refractivity contribution in [1.29, 1.82) is 0 Å². The van der Waals surface area contributed by atoms with E-state index < -0.39 is 5.97 Å². The summed E-state index contributed by atoms with van der Waals surface area (Å²) in [6.07, 6.45) is 2.28. The van der Waals surface area contributed by atoms with Crippen molar-refractivity contribution in [3.63, 3.8) is 0 Å². The fraction of sp³-hybridized carbons (Fsp3) is 0.429. The van der Waals surface area contributed by atoms with Crippen molar-refractivity contribution >= 4 is 5.97 Å². The summed E-state index contributed by atoms with van der Waals surface area (Å²) in [6, 6.07) is 4.94. The number of carbonyl (C=O) groups is 1. The molecule has 0 spiro atoms. The zero-order valence-electron chi connectivity index (χ0n) is 12.1. The van der Waals surface area contributed by atoms with Crippen molar-refractivity contribution < 1.29 is 9.90 Å². The molecule has 2 heterocycles. The molecule has 0 aromatic carbocycles. The van der Waals surface area contributed by atoms with Gasteiger partial charge in [0.05, 0.1) is 12.2 Å². The zero-order valence-corrected chi connectivity index (χ0v) is 12.1. The van der Waals surface area contributed by atoms with Crippen LogP contribution in [0.2, 0.25) is 0 Å². The van der Waals surface area contributed by atoms with E-state index in [4.69, 9.17) is 5.11 Å². The molecule has 0 aliphatic carbocycles. The highest BCUT2D eigenvalue weighted by atomic mass is 16.4. The Hall–Kier alpha value is -2.44. The monoisotopic (exact) mass is 290 g/mol. The summed E-state index contributed by atoms with van der Waals surface area (Å²) in [7, 11) is 0. The Morgan fingerprint density at radius 2 is 2.10 bits per heavy atom.